The molecular weight excluding hydrogens is 242 g/mol. The third-order valence-corrected chi connectivity index (χ3v) is 3.06. The van der Waals surface area contributed by atoms with Crippen LogP contribution in [0.5, 0.6) is 0 Å². The van der Waals surface area contributed by atoms with Crippen molar-refractivity contribution in [1.82, 2.24) is 9.97 Å². The molecule has 1 aromatic rings. The van der Waals surface area contributed by atoms with Gasteiger partial charge in [0.1, 0.15) is 16.8 Å². The van der Waals surface area contributed by atoms with E-state index in [0.717, 1.165) is 12.8 Å². The minimum atomic E-state index is -0.399. The lowest BCUT2D eigenvalue weighted by Crippen LogP contribution is -2.22. The molecule has 5 nitrogen and oxygen atoms in total. The molecule has 0 bridgehead atoms. The highest BCUT2D eigenvalue weighted by molar-refractivity contribution is 6.32. The Morgan fingerprint density at radius 3 is 2.88 bits per heavy atom. The highest BCUT2D eigenvalue weighted by atomic mass is 35.5. The fourth-order valence-corrected chi connectivity index (χ4v) is 1.89. The van der Waals surface area contributed by atoms with Gasteiger partial charge in [-0.15, -0.1) is 0 Å². The van der Waals surface area contributed by atoms with Crippen LogP contribution in [0.25, 0.3) is 0 Å². The lowest BCUT2D eigenvalue weighted by Gasteiger charge is -2.13. The largest absolute Gasteiger partial charge is 0.391 e. The van der Waals surface area contributed by atoms with Gasteiger partial charge in [0, 0.05) is 6.54 Å². The van der Waals surface area contributed by atoms with Crippen molar-refractivity contribution >= 4 is 23.7 Å². The van der Waals surface area contributed by atoms with Gasteiger partial charge in [0.25, 0.3) is 0 Å². The first-order valence-corrected chi connectivity index (χ1v) is 5.91. The summed E-state index contributed by atoms with van der Waals surface area (Å²) in [5.41, 5.74) is 0.236. The Morgan fingerprint density at radius 1 is 1.59 bits per heavy atom. The zero-order valence-electron chi connectivity index (χ0n) is 9.48. The molecule has 6 heteroatoms. The molecule has 0 spiro atoms. The van der Waals surface area contributed by atoms with Gasteiger partial charge in [-0.1, -0.05) is 11.6 Å². The van der Waals surface area contributed by atoms with Crippen molar-refractivity contribution in [3.63, 3.8) is 0 Å². The van der Waals surface area contributed by atoms with Gasteiger partial charge in [0.15, 0.2) is 6.29 Å². The van der Waals surface area contributed by atoms with Gasteiger partial charge in [-0.2, -0.15) is 0 Å². The zero-order chi connectivity index (χ0) is 12.4. The predicted molar refractivity (Wildman–Crippen MR) is 64.4 cm³/mol. The zero-order valence-corrected chi connectivity index (χ0v) is 10.2. The molecule has 1 atom stereocenters. The number of aryl methyl sites for hydroxylation is 1. The number of aromatic nitrogens is 2. The minimum Gasteiger partial charge on any atom is -0.391 e. The molecule has 1 saturated carbocycles. The van der Waals surface area contributed by atoms with Gasteiger partial charge in [0.05, 0.1) is 11.7 Å². The number of aldehydes is 1. The lowest BCUT2D eigenvalue weighted by atomic mass is 10.2. The van der Waals surface area contributed by atoms with E-state index >= 15 is 0 Å². The van der Waals surface area contributed by atoms with Crippen LogP contribution in [-0.2, 0) is 0 Å². The topological polar surface area (TPSA) is 75.1 Å². The number of hydrogen-bond donors (Lipinski definition) is 2. The van der Waals surface area contributed by atoms with Crippen molar-refractivity contribution in [2.75, 3.05) is 11.9 Å². The fourth-order valence-electron chi connectivity index (χ4n) is 1.64. The Kier molecular flexibility index (Phi) is 3.59. The van der Waals surface area contributed by atoms with E-state index in [2.05, 4.69) is 15.3 Å². The molecule has 2 N–H and O–H groups in total. The molecule has 1 unspecified atom stereocenters. The van der Waals surface area contributed by atoms with Crippen LogP contribution in [0.15, 0.2) is 0 Å². The third-order valence-electron chi connectivity index (χ3n) is 2.77. The Morgan fingerprint density at radius 2 is 2.29 bits per heavy atom. The van der Waals surface area contributed by atoms with Crippen LogP contribution in [0.4, 0.5) is 5.82 Å². The van der Waals surface area contributed by atoms with Crippen LogP contribution in [-0.4, -0.2) is 34.0 Å². The van der Waals surface area contributed by atoms with E-state index in [4.69, 9.17) is 11.6 Å². The smallest absolute Gasteiger partial charge is 0.156 e. The summed E-state index contributed by atoms with van der Waals surface area (Å²) in [4.78, 5) is 18.9. The summed E-state index contributed by atoms with van der Waals surface area (Å²) in [6.45, 7) is 2.07. The summed E-state index contributed by atoms with van der Waals surface area (Å²) >= 11 is 5.84. The molecule has 0 aromatic carbocycles. The molecule has 1 aliphatic rings. The molecule has 1 heterocycles. The number of anilines is 1. The summed E-state index contributed by atoms with van der Waals surface area (Å²) in [5, 5.41) is 12.8. The van der Waals surface area contributed by atoms with E-state index in [1.54, 1.807) is 6.92 Å². The molecule has 0 amide bonds. The van der Waals surface area contributed by atoms with Crippen LogP contribution in [0.3, 0.4) is 0 Å². The Hall–Kier alpha value is -1.20. The maximum atomic E-state index is 10.9. The second-order valence-electron chi connectivity index (χ2n) is 4.23. The van der Waals surface area contributed by atoms with Crippen LogP contribution in [0.1, 0.15) is 29.0 Å². The first-order chi connectivity index (χ1) is 8.11. The van der Waals surface area contributed by atoms with Crippen LogP contribution >= 0.6 is 11.6 Å². The number of aliphatic hydroxyl groups excluding tert-OH is 1. The summed E-state index contributed by atoms with van der Waals surface area (Å²) in [7, 11) is 0. The Bertz CT molecular complexity index is 435. The number of carbonyl (C=O) groups is 1. The standard InChI is InChI=1S/C11H14ClN3O2/c1-6-14-10(12)8(5-16)11(15-6)13-4-9(17)7-2-3-7/h5,7,9,17H,2-4H2,1H3,(H,13,14,15). The van der Waals surface area contributed by atoms with E-state index < -0.39 is 6.10 Å². The van der Waals surface area contributed by atoms with Crippen molar-refractivity contribution in [1.29, 1.82) is 0 Å². The van der Waals surface area contributed by atoms with Crippen LogP contribution in [0.2, 0.25) is 5.15 Å². The molecule has 92 valence electrons. The first-order valence-electron chi connectivity index (χ1n) is 5.53. The molecule has 17 heavy (non-hydrogen) atoms. The van der Waals surface area contributed by atoms with Crippen molar-refractivity contribution in [3.8, 4) is 0 Å². The molecule has 0 aliphatic heterocycles. The van der Waals surface area contributed by atoms with Gasteiger partial charge < -0.3 is 10.4 Å². The monoisotopic (exact) mass is 255 g/mol. The van der Waals surface area contributed by atoms with Crippen LogP contribution in [0, 0.1) is 12.8 Å². The highest BCUT2D eigenvalue weighted by Gasteiger charge is 2.29. The predicted octanol–water partition coefficient (Wildman–Crippen LogP) is 1.43. The molecule has 2 rings (SSSR count). The molecule has 0 radical (unpaired) electrons. The molecule has 0 saturated heterocycles. The van der Waals surface area contributed by atoms with Crippen molar-refractivity contribution in [2.24, 2.45) is 5.92 Å². The molecule has 1 fully saturated rings. The van der Waals surface area contributed by atoms with Crippen molar-refractivity contribution < 1.29 is 9.90 Å². The SMILES string of the molecule is Cc1nc(Cl)c(C=O)c(NCC(O)C2CC2)n1. The lowest BCUT2D eigenvalue weighted by molar-refractivity contribution is 0.112. The highest BCUT2D eigenvalue weighted by Crippen LogP contribution is 2.32. The number of hydrogen-bond acceptors (Lipinski definition) is 5. The van der Waals surface area contributed by atoms with Gasteiger partial charge >= 0.3 is 0 Å². The molecule has 1 aromatic heterocycles. The number of aliphatic hydroxyl groups is 1. The van der Waals surface area contributed by atoms with Gasteiger partial charge in [-0.25, -0.2) is 9.97 Å². The van der Waals surface area contributed by atoms with Crippen LogP contribution < -0.4 is 5.32 Å². The van der Waals surface area contributed by atoms with E-state index in [1.807, 2.05) is 0 Å². The minimum absolute atomic E-state index is 0.135. The van der Waals surface area contributed by atoms with Crippen molar-refractivity contribution in [2.45, 2.75) is 25.9 Å². The second kappa shape index (κ2) is 4.98. The number of nitrogens with one attached hydrogen (secondary N) is 1. The maximum Gasteiger partial charge on any atom is 0.156 e. The van der Waals surface area contributed by atoms with E-state index in [-0.39, 0.29) is 10.7 Å². The fraction of sp³-hybridized carbons (Fsp3) is 0.545. The van der Waals surface area contributed by atoms with Gasteiger partial charge in [-0.3, -0.25) is 4.79 Å². The Labute approximate surface area is 104 Å². The van der Waals surface area contributed by atoms with E-state index in [0.29, 0.717) is 30.4 Å². The van der Waals surface area contributed by atoms with Gasteiger partial charge in [-0.05, 0) is 25.7 Å². The summed E-state index contributed by atoms with van der Waals surface area (Å²) < 4.78 is 0. The molecule has 1 aliphatic carbocycles. The third kappa shape index (κ3) is 2.92. The van der Waals surface area contributed by atoms with Crippen molar-refractivity contribution in [3.05, 3.63) is 16.5 Å². The average Bonchev–Trinajstić information content (AvgIpc) is 3.08. The normalized spacial score (nSPS) is 16.6. The number of rotatable bonds is 5. The summed E-state index contributed by atoms with van der Waals surface area (Å²) in [6, 6.07) is 0. The maximum absolute atomic E-state index is 10.9. The molecular formula is C11H14ClN3O2. The number of nitrogens with zero attached hydrogens (tertiary/aromatic N) is 2. The van der Waals surface area contributed by atoms with Gasteiger partial charge in [0.2, 0.25) is 0 Å². The second-order valence-corrected chi connectivity index (χ2v) is 4.59. The Balaban J connectivity index is 2.10. The van der Waals surface area contributed by atoms with E-state index in [9.17, 15) is 9.90 Å². The quantitative estimate of drug-likeness (QED) is 0.615. The summed E-state index contributed by atoms with van der Waals surface area (Å²) in [6.07, 6.45) is 2.34. The first kappa shape index (κ1) is 12.3. The summed E-state index contributed by atoms with van der Waals surface area (Å²) in [5.74, 6) is 1.25. The number of carbonyl (C=O) groups excluding carboxylic acids is 1. The van der Waals surface area contributed by atoms with E-state index in [1.165, 1.54) is 0 Å². The average molecular weight is 256 g/mol. The number of halogens is 1.